The van der Waals surface area contributed by atoms with Gasteiger partial charge in [0.1, 0.15) is 11.8 Å². The number of aliphatic carboxylic acids is 1. The van der Waals surface area contributed by atoms with Gasteiger partial charge in [0.05, 0.1) is 19.3 Å². The first kappa shape index (κ1) is 33.4. The van der Waals surface area contributed by atoms with Crippen LogP contribution >= 0.6 is 0 Å². The van der Waals surface area contributed by atoms with E-state index < -0.39 is 17.9 Å². The van der Waals surface area contributed by atoms with Gasteiger partial charge in [-0.15, -0.1) is 0 Å². The molecule has 1 aromatic heterocycles. The summed E-state index contributed by atoms with van der Waals surface area (Å²) in [7, 11) is 0. The van der Waals surface area contributed by atoms with E-state index in [-0.39, 0.29) is 11.8 Å². The fraction of sp³-hybridized carbons (Fsp3) is 0.368. The lowest BCUT2D eigenvalue weighted by molar-refractivity contribution is -0.139. The predicted molar refractivity (Wildman–Crippen MR) is 183 cm³/mol. The number of nitrogens with zero attached hydrogens (tertiary/aromatic N) is 3. The maximum absolute atomic E-state index is 13.4. The Balaban J connectivity index is 1.23. The van der Waals surface area contributed by atoms with Crippen LogP contribution in [-0.4, -0.2) is 51.9 Å². The highest BCUT2D eigenvalue weighted by atomic mass is 16.5. The molecule has 4 aromatic rings. The Hall–Kier alpha value is -4.92. The molecule has 0 aliphatic carbocycles. The minimum absolute atomic E-state index is 0.103. The van der Waals surface area contributed by atoms with Crippen molar-refractivity contribution in [3.63, 3.8) is 0 Å². The molecule has 3 aromatic carbocycles. The molecule has 0 unspecified atom stereocenters. The summed E-state index contributed by atoms with van der Waals surface area (Å²) in [5, 5.41) is 16.8. The Morgan fingerprint density at radius 3 is 2.62 bits per heavy atom. The predicted octanol–water partition coefficient (Wildman–Crippen LogP) is 6.58. The van der Waals surface area contributed by atoms with Crippen molar-refractivity contribution in [2.45, 2.75) is 72.4 Å². The summed E-state index contributed by atoms with van der Waals surface area (Å²) >= 11 is 0. The summed E-state index contributed by atoms with van der Waals surface area (Å²) in [6.45, 7) is 9.59. The Kier molecular flexibility index (Phi) is 10.8. The molecule has 0 saturated carbocycles. The molecule has 2 amide bonds. The van der Waals surface area contributed by atoms with Gasteiger partial charge in [-0.3, -0.25) is 14.3 Å². The van der Waals surface area contributed by atoms with Crippen molar-refractivity contribution in [3.8, 4) is 16.9 Å². The second-order valence-corrected chi connectivity index (χ2v) is 12.7. The number of rotatable bonds is 13. The lowest BCUT2D eigenvalue weighted by atomic mass is 9.93. The van der Waals surface area contributed by atoms with Crippen molar-refractivity contribution in [1.29, 1.82) is 0 Å². The molecule has 0 fully saturated rings. The van der Waals surface area contributed by atoms with Crippen molar-refractivity contribution in [1.82, 2.24) is 15.1 Å². The fourth-order valence-corrected chi connectivity index (χ4v) is 6.10. The highest BCUT2D eigenvalue weighted by Crippen LogP contribution is 2.36. The lowest BCUT2D eigenvalue weighted by Gasteiger charge is -2.31. The van der Waals surface area contributed by atoms with Gasteiger partial charge in [0, 0.05) is 36.0 Å². The number of anilines is 1. The van der Waals surface area contributed by atoms with Gasteiger partial charge in [-0.25, -0.2) is 4.79 Å². The molecule has 246 valence electrons. The van der Waals surface area contributed by atoms with Crippen LogP contribution in [0.3, 0.4) is 0 Å². The number of aromatic nitrogens is 2. The minimum atomic E-state index is -1.04. The number of hydrogen-bond donors (Lipinski definition) is 2. The third-order valence-corrected chi connectivity index (χ3v) is 8.69. The zero-order valence-electron chi connectivity index (χ0n) is 27.7. The number of carboxylic acid groups (broad SMARTS) is 1. The van der Waals surface area contributed by atoms with E-state index in [0.717, 1.165) is 52.1 Å². The van der Waals surface area contributed by atoms with Gasteiger partial charge in [-0.05, 0) is 97.5 Å². The average Bonchev–Trinajstić information content (AvgIpc) is 3.51. The second-order valence-electron chi connectivity index (χ2n) is 12.7. The monoisotopic (exact) mass is 636 g/mol. The van der Waals surface area contributed by atoms with Gasteiger partial charge in [-0.1, -0.05) is 50.2 Å². The van der Waals surface area contributed by atoms with Gasteiger partial charge in [0.15, 0.2) is 0 Å². The van der Waals surface area contributed by atoms with Gasteiger partial charge in [0.25, 0.3) is 5.91 Å². The molecule has 5 rings (SSSR count). The van der Waals surface area contributed by atoms with Gasteiger partial charge in [-0.2, -0.15) is 5.10 Å². The van der Waals surface area contributed by atoms with Crippen LogP contribution in [0.5, 0.6) is 5.75 Å². The molecule has 1 atom stereocenters. The molecule has 0 bridgehead atoms. The molecule has 0 spiro atoms. The molecule has 47 heavy (non-hydrogen) atoms. The van der Waals surface area contributed by atoms with Crippen molar-refractivity contribution in [2.75, 3.05) is 18.1 Å². The number of carbonyl (C=O) groups is 3. The number of ether oxygens (including phenoxy) is 1. The maximum atomic E-state index is 13.4. The van der Waals surface area contributed by atoms with E-state index in [1.165, 1.54) is 5.56 Å². The fourth-order valence-electron chi connectivity index (χ4n) is 6.10. The van der Waals surface area contributed by atoms with Crippen LogP contribution in [0.15, 0.2) is 73.1 Å². The topological polar surface area (TPSA) is 114 Å². The van der Waals surface area contributed by atoms with E-state index in [1.807, 2.05) is 66.2 Å². The van der Waals surface area contributed by atoms with E-state index in [0.29, 0.717) is 44.5 Å². The number of hydrogen-bond acceptors (Lipinski definition) is 5. The molecule has 2 heterocycles. The number of carbonyl (C=O) groups excluding carboxylic acids is 2. The van der Waals surface area contributed by atoms with Crippen LogP contribution in [-0.2, 0) is 22.6 Å². The molecule has 1 aliphatic rings. The van der Waals surface area contributed by atoms with Crippen molar-refractivity contribution in [3.05, 3.63) is 101 Å². The van der Waals surface area contributed by atoms with E-state index >= 15 is 0 Å². The Bertz CT molecular complexity index is 1740. The highest BCUT2D eigenvalue weighted by molar-refractivity contribution is 5.97. The standard InChI is InChI=1S/C38H44N4O5/c1-25(2)20-33(38(45)46)40-37(44)29-12-6-11-28(21-29)23-41-24-30(22-39-41)31-13-7-15-34-32(31)14-8-18-42(34)36(43)17-9-19-47-35-16-5-10-26(3)27(35)4/h5-7,10-13,15-16,21-22,24-25,33H,8-9,14,17-20,23H2,1-4H3,(H,40,44)(H,45,46)/t33-/m1/s1. The third-order valence-electron chi connectivity index (χ3n) is 8.69. The van der Waals surface area contributed by atoms with Gasteiger partial charge < -0.3 is 20.1 Å². The molecule has 1 aliphatic heterocycles. The lowest BCUT2D eigenvalue weighted by Crippen LogP contribution is -2.41. The van der Waals surface area contributed by atoms with Crippen molar-refractivity contribution in [2.24, 2.45) is 5.92 Å². The summed E-state index contributed by atoms with van der Waals surface area (Å²) < 4.78 is 7.81. The summed E-state index contributed by atoms with van der Waals surface area (Å²) in [5.74, 6) is -0.345. The number of amides is 2. The second kappa shape index (κ2) is 15.1. The molecule has 9 nitrogen and oxygen atoms in total. The highest BCUT2D eigenvalue weighted by Gasteiger charge is 2.25. The van der Waals surface area contributed by atoms with E-state index in [2.05, 4.69) is 36.4 Å². The van der Waals surface area contributed by atoms with Crippen LogP contribution in [0.1, 0.15) is 72.1 Å². The summed E-state index contributed by atoms with van der Waals surface area (Å²) in [6, 6.07) is 18.3. The summed E-state index contributed by atoms with van der Waals surface area (Å²) in [5.41, 5.74) is 7.72. The number of carboxylic acids is 1. The molecule has 0 radical (unpaired) electrons. The maximum Gasteiger partial charge on any atom is 0.326 e. The van der Waals surface area contributed by atoms with E-state index in [4.69, 9.17) is 4.74 Å². The zero-order valence-corrected chi connectivity index (χ0v) is 27.7. The normalized spacial score (nSPS) is 13.3. The zero-order chi connectivity index (χ0) is 33.5. The smallest absolute Gasteiger partial charge is 0.326 e. The van der Waals surface area contributed by atoms with Crippen molar-refractivity contribution < 1.29 is 24.2 Å². The van der Waals surface area contributed by atoms with E-state index in [1.54, 1.807) is 18.2 Å². The first-order valence-electron chi connectivity index (χ1n) is 16.4. The molecular formula is C38H44N4O5. The molecule has 2 N–H and O–H groups in total. The Labute approximate surface area is 276 Å². The van der Waals surface area contributed by atoms with Crippen LogP contribution in [0.4, 0.5) is 5.69 Å². The SMILES string of the molecule is Cc1cccc(OCCCC(=O)N2CCCc3c(-c4cnn(Cc5cccc(C(=O)N[C@H](CC(C)C)C(=O)O)c5)c4)cccc32)c1C. The first-order chi connectivity index (χ1) is 22.6. The number of fused-ring (bicyclic) bond motifs is 1. The first-order valence-corrected chi connectivity index (χ1v) is 16.4. The van der Waals surface area contributed by atoms with Crippen molar-refractivity contribution >= 4 is 23.5 Å². The summed E-state index contributed by atoms with van der Waals surface area (Å²) in [4.78, 5) is 39.8. The quantitative estimate of drug-likeness (QED) is 0.160. The number of aryl methyl sites for hydroxylation is 1. The van der Waals surface area contributed by atoms with Crippen LogP contribution in [0.25, 0.3) is 11.1 Å². The third kappa shape index (κ3) is 8.27. The van der Waals surface area contributed by atoms with Gasteiger partial charge >= 0.3 is 5.97 Å². The minimum Gasteiger partial charge on any atom is -0.493 e. The number of nitrogens with one attached hydrogen (secondary N) is 1. The van der Waals surface area contributed by atoms with Gasteiger partial charge in [0.2, 0.25) is 5.91 Å². The van der Waals surface area contributed by atoms with Crippen LogP contribution < -0.4 is 15.0 Å². The van der Waals surface area contributed by atoms with E-state index in [9.17, 15) is 19.5 Å². The largest absolute Gasteiger partial charge is 0.493 e. The Morgan fingerprint density at radius 1 is 1.04 bits per heavy atom. The molecule has 0 saturated heterocycles. The van der Waals surface area contributed by atoms with Crippen LogP contribution in [0.2, 0.25) is 0 Å². The molecular weight excluding hydrogens is 592 g/mol. The van der Waals surface area contributed by atoms with Crippen LogP contribution in [0, 0.1) is 19.8 Å². The summed E-state index contributed by atoms with van der Waals surface area (Å²) in [6.07, 6.45) is 7.00. The average molecular weight is 637 g/mol. The number of benzene rings is 3. The molecule has 9 heteroatoms. The Morgan fingerprint density at radius 2 is 1.83 bits per heavy atom.